The summed E-state index contributed by atoms with van der Waals surface area (Å²) in [6, 6.07) is 17.2. The number of benzene rings is 3. The van der Waals surface area contributed by atoms with Gasteiger partial charge in [0.25, 0.3) is 5.91 Å². The molecule has 0 spiro atoms. The van der Waals surface area contributed by atoms with Crippen molar-refractivity contribution in [3.05, 3.63) is 84.3 Å². The molecule has 162 valence electrons. The van der Waals surface area contributed by atoms with Gasteiger partial charge in [0, 0.05) is 16.8 Å². The highest BCUT2D eigenvalue weighted by Crippen LogP contribution is 2.28. The number of hydrogen-bond acceptors (Lipinski definition) is 6. The predicted octanol–water partition coefficient (Wildman–Crippen LogP) is 4.37. The number of carbonyl (C=O) groups is 1. The molecule has 0 aliphatic carbocycles. The Labute approximate surface area is 187 Å². The van der Waals surface area contributed by atoms with Crippen molar-refractivity contribution in [2.75, 3.05) is 11.1 Å². The molecule has 2 aromatic heterocycles. The molecule has 3 aromatic carbocycles. The number of phenolic OH excluding ortho intramolecular Hbond substituents is 1. The number of rotatable bonds is 4. The number of H-pyrrole nitrogens is 1. The molecule has 2 heterocycles. The van der Waals surface area contributed by atoms with Crippen LogP contribution in [-0.4, -0.2) is 30.9 Å². The standard InChI is InChI=1S/C24H17FN6O2/c25-15-3-1-2-14(10-15)24(33)28-16-6-9-18-19(11-16)31-23(30-18)21-22(26)27-12-20(29-21)13-4-7-17(32)8-5-13/h1-12,32H,(H2,26,27)(H,28,33)(H,30,31). The SMILES string of the molecule is Nc1ncc(-c2ccc(O)cc2)nc1-c1nc2ccc(NC(=O)c3cccc(F)c3)cc2[nH]1. The lowest BCUT2D eigenvalue weighted by molar-refractivity contribution is 0.102. The number of halogens is 1. The van der Waals surface area contributed by atoms with Crippen LogP contribution in [0.15, 0.2) is 72.9 Å². The van der Waals surface area contributed by atoms with Crippen molar-refractivity contribution >= 4 is 28.4 Å². The van der Waals surface area contributed by atoms with Gasteiger partial charge in [0.1, 0.15) is 17.3 Å². The first-order chi connectivity index (χ1) is 16.0. The quantitative estimate of drug-likeness (QED) is 0.328. The smallest absolute Gasteiger partial charge is 0.255 e. The molecule has 0 unspecified atom stereocenters. The average Bonchev–Trinajstić information content (AvgIpc) is 3.23. The number of aromatic nitrogens is 4. The Kier molecular flexibility index (Phi) is 4.91. The molecule has 0 fully saturated rings. The summed E-state index contributed by atoms with van der Waals surface area (Å²) in [6.07, 6.45) is 1.55. The molecule has 0 bridgehead atoms. The summed E-state index contributed by atoms with van der Waals surface area (Å²) in [7, 11) is 0. The van der Waals surface area contributed by atoms with Crippen LogP contribution >= 0.6 is 0 Å². The van der Waals surface area contributed by atoms with Gasteiger partial charge in [-0.2, -0.15) is 0 Å². The summed E-state index contributed by atoms with van der Waals surface area (Å²) < 4.78 is 13.4. The van der Waals surface area contributed by atoms with E-state index in [9.17, 15) is 14.3 Å². The summed E-state index contributed by atoms with van der Waals surface area (Å²) >= 11 is 0. The fourth-order valence-corrected chi connectivity index (χ4v) is 3.38. The highest BCUT2D eigenvalue weighted by molar-refractivity contribution is 6.05. The first-order valence-corrected chi connectivity index (χ1v) is 9.95. The second-order valence-corrected chi connectivity index (χ2v) is 7.32. The molecule has 0 aliphatic rings. The van der Waals surface area contributed by atoms with Crippen LogP contribution in [0, 0.1) is 5.82 Å². The van der Waals surface area contributed by atoms with E-state index in [0.29, 0.717) is 33.9 Å². The van der Waals surface area contributed by atoms with Crippen LogP contribution < -0.4 is 11.1 Å². The van der Waals surface area contributed by atoms with Crippen LogP contribution in [-0.2, 0) is 0 Å². The Hall–Kier alpha value is -4.79. The minimum atomic E-state index is -0.482. The third-order valence-corrected chi connectivity index (χ3v) is 5.01. The van der Waals surface area contributed by atoms with Gasteiger partial charge in [0.05, 0.1) is 22.9 Å². The van der Waals surface area contributed by atoms with Crippen LogP contribution in [0.2, 0.25) is 0 Å². The number of nitrogens with one attached hydrogen (secondary N) is 2. The van der Waals surface area contributed by atoms with Crippen molar-refractivity contribution in [2.24, 2.45) is 0 Å². The molecule has 0 saturated heterocycles. The first kappa shape index (κ1) is 20.1. The molecular weight excluding hydrogens is 423 g/mol. The highest BCUT2D eigenvalue weighted by Gasteiger charge is 2.14. The second kappa shape index (κ2) is 8.04. The van der Waals surface area contributed by atoms with Gasteiger partial charge in [-0.3, -0.25) is 4.79 Å². The molecular formula is C24H17FN6O2. The monoisotopic (exact) mass is 440 g/mol. The maximum Gasteiger partial charge on any atom is 0.255 e. The number of amides is 1. The molecule has 8 nitrogen and oxygen atoms in total. The number of nitrogens with two attached hydrogens (primary N) is 1. The zero-order chi connectivity index (χ0) is 22.9. The lowest BCUT2D eigenvalue weighted by Gasteiger charge is -2.05. The molecule has 0 radical (unpaired) electrons. The molecule has 33 heavy (non-hydrogen) atoms. The molecule has 5 N–H and O–H groups in total. The molecule has 0 atom stereocenters. The maximum atomic E-state index is 13.4. The average molecular weight is 440 g/mol. The van der Waals surface area contributed by atoms with Gasteiger partial charge >= 0.3 is 0 Å². The number of nitrogens with zero attached hydrogens (tertiary/aromatic N) is 3. The highest BCUT2D eigenvalue weighted by atomic mass is 19.1. The van der Waals surface area contributed by atoms with Crippen molar-refractivity contribution in [3.8, 4) is 28.5 Å². The number of anilines is 2. The van der Waals surface area contributed by atoms with Gasteiger partial charge in [-0.25, -0.2) is 19.3 Å². The van der Waals surface area contributed by atoms with Crippen molar-refractivity contribution < 1.29 is 14.3 Å². The van der Waals surface area contributed by atoms with E-state index in [1.807, 2.05) is 0 Å². The Balaban J connectivity index is 1.46. The third-order valence-electron chi connectivity index (χ3n) is 5.01. The summed E-state index contributed by atoms with van der Waals surface area (Å²) in [5, 5.41) is 12.2. The van der Waals surface area contributed by atoms with Gasteiger partial charge in [-0.05, 0) is 60.7 Å². The van der Waals surface area contributed by atoms with E-state index in [0.717, 1.165) is 5.56 Å². The molecule has 0 saturated carbocycles. The Bertz CT molecular complexity index is 1500. The summed E-state index contributed by atoms with van der Waals surface area (Å²) in [5.41, 5.74) is 9.80. The second-order valence-electron chi connectivity index (χ2n) is 7.32. The Morgan fingerprint density at radius 3 is 2.64 bits per heavy atom. The van der Waals surface area contributed by atoms with Gasteiger partial charge < -0.3 is 21.1 Å². The first-order valence-electron chi connectivity index (χ1n) is 9.95. The van der Waals surface area contributed by atoms with E-state index < -0.39 is 11.7 Å². The number of phenols is 1. The van der Waals surface area contributed by atoms with Crippen molar-refractivity contribution in [3.63, 3.8) is 0 Å². The van der Waals surface area contributed by atoms with Crippen LogP contribution in [0.25, 0.3) is 33.8 Å². The number of carbonyl (C=O) groups excluding carboxylic acids is 1. The number of aromatic amines is 1. The summed E-state index contributed by atoms with van der Waals surface area (Å²) in [6.45, 7) is 0. The number of hydrogen-bond donors (Lipinski definition) is 4. The van der Waals surface area contributed by atoms with Crippen molar-refractivity contribution in [2.45, 2.75) is 0 Å². The molecule has 0 aliphatic heterocycles. The summed E-state index contributed by atoms with van der Waals surface area (Å²) in [5.74, 6) is -0.129. The lowest BCUT2D eigenvalue weighted by atomic mass is 10.1. The zero-order valence-corrected chi connectivity index (χ0v) is 17.1. The fourth-order valence-electron chi connectivity index (χ4n) is 3.38. The Morgan fingerprint density at radius 1 is 1.03 bits per heavy atom. The van der Waals surface area contributed by atoms with Crippen LogP contribution in [0.4, 0.5) is 15.9 Å². The van der Waals surface area contributed by atoms with E-state index in [2.05, 4.69) is 25.3 Å². The van der Waals surface area contributed by atoms with Gasteiger partial charge in [-0.1, -0.05) is 6.07 Å². The Morgan fingerprint density at radius 2 is 1.85 bits per heavy atom. The van der Waals surface area contributed by atoms with Crippen molar-refractivity contribution in [1.82, 2.24) is 19.9 Å². The zero-order valence-electron chi connectivity index (χ0n) is 17.1. The number of aromatic hydroxyl groups is 1. The lowest BCUT2D eigenvalue weighted by Crippen LogP contribution is -2.11. The van der Waals surface area contributed by atoms with Crippen LogP contribution in [0.3, 0.4) is 0 Å². The minimum Gasteiger partial charge on any atom is -0.508 e. The van der Waals surface area contributed by atoms with E-state index in [-0.39, 0.29) is 17.1 Å². The largest absolute Gasteiger partial charge is 0.508 e. The minimum absolute atomic E-state index is 0.153. The molecule has 5 aromatic rings. The fraction of sp³-hybridized carbons (Fsp3) is 0. The molecule has 9 heteroatoms. The van der Waals surface area contributed by atoms with Gasteiger partial charge in [0.2, 0.25) is 0 Å². The summed E-state index contributed by atoms with van der Waals surface area (Å²) in [4.78, 5) is 28.9. The van der Waals surface area contributed by atoms with E-state index in [1.165, 1.54) is 24.3 Å². The van der Waals surface area contributed by atoms with E-state index in [1.54, 1.807) is 48.7 Å². The molecule has 1 amide bonds. The molecule has 5 rings (SSSR count). The van der Waals surface area contributed by atoms with E-state index in [4.69, 9.17) is 5.73 Å². The number of nitrogen functional groups attached to an aromatic ring is 1. The normalized spacial score (nSPS) is 10.9. The predicted molar refractivity (Wildman–Crippen MR) is 123 cm³/mol. The van der Waals surface area contributed by atoms with Crippen LogP contribution in [0.5, 0.6) is 5.75 Å². The maximum absolute atomic E-state index is 13.4. The van der Waals surface area contributed by atoms with Gasteiger partial charge in [-0.15, -0.1) is 0 Å². The van der Waals surface area contributed by atoms with Gasteiger partial charge in [0.15, 0.2) is 11.6 Å². The third kappa shape index (κ3) is 4.07. The number of imidazole rings is 1. The van der Waals surface area contributed by atoms with Crippen LogP contribution in [0.1, 0.15) is 10.4 Å². The number of fused-ring (bicyclic) bond motifs is 1. The van der Waals surface area contributed by atoms with E-state index >= 15 is 0 Å². The van der Waals surface area contributed by atoms with Crippen molar-refractivity contribution in [1.29, 1.82) is 0 Å². The topological polar surface area (TPSA) is 130 Å².